The van der Waals surface area contributed by atoms with Gasteiger partial charge >= 0.3 is 5.97 Å². The van der Waals surface area contributed by atoms with Crippen LogP contribution in [0.15, 0.2) is 16.6 Å². The molecule has 2 saturated carbocycles. The van der Waals surface area contributed by atoms with Crippen molar-refractivity contribution in [2.45, 2.75) is 25.3 Å². The number of carbonyl (C=O) groups is 2. The Morgan fingerprint density at radius 3 is 2.70 bits per heavy atom. The van der Waals surface area contributed by atoms with Crippen LogP contribution < -0.4 is 10.1 Å². The van der Waals surface area contributed by atoms with Crippen LogP contribution >= 0.6 is 15.9 Å². The molecule has 0 saturated heterocycles. The van der Waals surface area contributed by atoms with Crippen LogP contribution in [-0.4, -0.2) is 30.1 Å². The van der Waals surface area contributed by atoms with Crippen molar-refractivity contribution in [1.29, 1.82) is 0 Å². The van der Waals surface area contributed by atoms with Gasteiger partial charge in [0.15, 0.2) is 0 Å². The van der Waals surface area contributed by atoms with E-state index in [-0.39, 0.29) is 33.7 Å². The van der Waals surface area contributed by atoms with Crippen LogP contribution in [0.5, 0.6) is 5.75 Å². The predicted molar refractivity (Wildman–Crippen MR) is 83.9 cm³/mol. The number of halogens is 2. The third-order valence-electron chi connectivity index (χ3n) is 4.99. The lowest BCUT2D eigenvalue weighted by atomic mass is 9.84. The van der Waals surface area contributed by atoms with Crippen molar-refractivity contribution in [3.05, 3.63) is 28.0 Å². The number of carbonyl (C=O) groups excluding carboxylic acids is 1. The largest absolute Gasteiger partial charge is 0.496 e. The maximum Gasteiger partial charge on any atom is 0.308 e. The fourth-order valence-electron chi connectivity index (χ4n) is 3.96. The van der Waals surface area contributed by atoms with Crippen LogP contribution in [0.4, 0.5) is 4.39 Å². The average molecular weight is 386 g/mol. The molecule has 0 unspecified atom stereocenters. The Balaban J connectivity index is 1.84. The summed E-state index contributed by atoms with van der Waals surface area (Å²) >= 11 is 3.05. The number of benzene rings is 1. The minimum Gasteiger partial charge on any atom is -0.496 e. The summed E-state index contributed by atoms with van der Waals surface area (Å²) in [6, 6.07) is 2.10. The Hall–Kier alpha value is -1.63. The van der Waals surface area contributed by atoms with E-state index in [1.807, 2.05) is 0 Å². The van der Waals surface area contributed by atoms with Gasteiger partial charge in [-0.05, 0) is 53.1 Å². The van der Waals surface area contributed by atoms with Crippen LogP contribution in [0.25, 0.3) is 0 Å². The molecule has 1 aromatic rings. The summed E-state index contributed by atoms with van der Waals surface area (Å²) in [5.41, 5.74) is 0.188. The first-order valence-corrected chi connectivity index (χ1v) is 8.28. The van der Waals surface area contributed by atoms with E-state index in [1.165, 1.54) is 13.2 Å². The van der Waals surface area contributed by atoms with Crippen LogP contribution in [0.3, 0.4) is 0 Å². The molecule has 0 spiro atoms. The second kappa shape index (κ2) is 6.11. The SMILES string of the molecule is COc1cc(F)c(Br)cc1C(=O)N[C@@H]1[C@H]2CC[C@@H](C2)[C@@H]1C(=O)O. The summed E-state index contributed by atoms with van der Waals surface area (Å²) in [7, 11) is 1.36. The number of methoxy groups -OCH3 is 1. The summed E-state index contributed by atoms with van der Waals surface area (Å²) in [5, 5.41) is 12.3. The first-order chi connectivity index (χ1) is 10.9. The highest BCUT2D eigenvalue weighted by Gasteiger charge is 2.51. The second-order valence-electron chi connectivity index (χ2n) is 6.16. The van der Waals surface area contributed by atoms with E-state index >= 15 is 0 Å². The van der Waals surface area contributed by atoms with E-state index in [2.05, 4.69) is 21.2 Å². The minimum absolute atomic E-state index is 0.123. The molecular formula is C16H17BrFNO4. The number of hydrogen-bond acceptors (Lipinski definition) is 3. The molecule has 0 radical (unpaired) electrons. The number of hydrogen-bond donors (Lipinski definition) is 2. The third-order valence-corrected chi connectivity index (χ3v) is 5.59. The third kappa shape index (κ3) is 2.82. The van der Waals surface area contributed by atoms with Crippen LogP contribution in [0.1, 0.15) is 29.6 Å². The molecule has 2 aliphatic rings. The number of ether oxygens (including phenoxy) is 1. The zero-order chi connectivity index (χ0) is 16.7. The molecule has 0 heterocycles. The van der Waals surface area contributed by atoms with E-state index < -0.39 is 23.6 Å². The van der Waals surface area contributed by atoms with E-state index in [0.29, 0.717) is 0 Å². The van der Waals surface area contributed by atoms with Crippen molar-refractivity contribution in [2.75, 3.05) is 7.11 Å². The lowest BCUT2D eigenvalue weighted by Gasteiger charge is -2.29. The molecule has 2 aliphatic carbocycles. The van der Waals surface area contributed by atoms with Gasteiger partial charge in [-0.3, -0.25) is 9.59 Å². The molecule has 3 rings (SSSR count). The van der Waals surface area contributed by atoms with Gasteiger partial charge in [0.05, 0.1) is 23.1 Å². The summed E-state index contributed by atoms with van der Waals surface area (Å²) in [6.45, 7) is 0. The first kappa shape index (κ1) is 16.2. The fraction of sp³-hybridized carbons (Fsp3) is 0.500. The molecule has 5 nitrogen and oxygen atoms in total. The monoisotopic (exact) mass is 385 g/mol. The van der Waals surface area contributed by atoms with E-state index in [0.717, 1.165) is 25.3 Å². The van der Waals surface area contributed by atoms with Gasteiger partial charge in [-0.15, -0.1) is 0 Å². The molecule has 2 bridgehead atoms. The number of carboxylic acid groups (broad SMARTS) is 1. The highest BCUT2D eigenvalue weighted by atomic mass is 79.9. The first-order valence-electron chi connectivity index (χ1n) is 7.49. The number of carboxylic acids is 1. The topological polar surface area (TPSA) is 75.6 Å². The highest BCUT2D eigenvalue weighted by molar-refractivity contribution is 9.10. The fourth-order valence-corrected chi connectivity index (χ4v) is 4.30. The molecule has 1 aromatic carbocycles. The van der Waals surface area contributed by atoms with Crippen LogP contribution in [0, 0.1) is 23.6 Å². The van der Waals surface area contributed by atoms with E-state index in [4.69, 9.17) is 4.74 Å². The van der Waals surface area contributed by atoms with Crippen molar-refractivity contribution in [2.24, 2.45) is 17.8 Å². The summed E-state index contributed by atoms with van der Waals surface area (Å²) in [6.07, 6.45) is 2.68. The highest BCUT2D eigenvalue weighted by Crippen LogP contribution is 2.48. The van der Waals surface area contributed by atoms with Crippen molar-refractivity contribution in [3.63, 3.8) is 0 Å². The van der Waals surface area contributed by atoms with Crippen molar-refractivity contribution in [1.82, 2.24) is 5.32 Å². The Bertz CT molecular complexity index is 666. The Morgan fingerprint density at radius 1 is 1.35 bits per heavy atom. The van der Waals surface area contributed by atoms with Gasteiger partial charge in [-0.25, -0.2) is 4.39 Å². The predicted octanol–water partition coefficient (Wildman–Crippen LogP) is 2.83. The number of fused-ring (bicyclic) bond motifs is 2. The zero-order valence-electron chi connectivity index (χ0n) is 12.5. The maximum atomic E-state index is 13.6. The maximum absolute atomic E-state index is 13.6. The summed E-state index contributed by atoms with van der Waals surface area (Å²) in [5.74, 6) is -1.93. The Labute approximate surface area is 141 Å². The van der Waals surface area contributed by atoms with Gasteiger partial charge in [0.1, 0.15) is 11.6 Å². The lowest BCUT2D eigenvalue weighted by Crippen LogP contribution is -2.46. The average Bonchev–Trinajstić information content (AvgIpc) is 3.10. The van der Waals surface area contributed by atoms with Gasteiger partial charge in [0.25, 0.3) is 5.91 Å². The van der Waals surface area contributed by atoms with Gasteiger partial charge in [-0.1, -0.05) is 0 Å². The molecule has 23 heavy (non-hydrogen) atoms. The van der Waals surface area contributed by atoms with Crippen molar-refractivity contribution >= 4 is 27.8 Å². The molecule has 124 valence electrons. The Kier molecular flexibility index (Phi) is 4.31. The quantitative estimate of drug-likeness (QED) is 0.835. The molecule has 2 fully saturated rings. The number of nitrogens with one attached hydrogen (secondary N) is 1. The summed E-state index contributed by atoms with van der Waals surface area (Å²) in [4.78, 5) is 24.1. The van der Waals surface area contributed by atoms with E-state index in [9.17, 15) is 19.1 Å². The van der Waals surface area contributed by atoms with E-state index in [1.54, 1.807) is 0 Å². The summed E-state index contributed by atoms with van der Waals surface area (Å²) < 4.78 is 18.8. The molecule has 4 atom stereocenters. The van der Waals surface area contributed by atoms with Crippen LogP contribution in [0.2, 0.25) is 0 Å². The second-order valence-corrected chi connectivity index (χ2v) is 7.02. The molecule has 0 aliphatic heterocycles. The van der Waals surface area contributed by atoms with Gasteiger partial charge < -0.3 is 15.2 Å². The molecule has 2 N–H and O–H groups in total. The van der Waals surface area contributed by atoms with Crippen LogP contribution in [-0.2, 0) is 4.79 Å². The number of rotatable bonds is 4. The van der Waals surface area contributed by atoms with Gasteiger partial charge in [0, 0.05) is 12.1 Å². The Morgan fingerprint density at radius 2 is 2.04 bits per heavy atom. The minimum atomic E-state index is -0.866. The normalized spacial score (nSPS) is 28.7. The lowest BCUT2D eigenvalue weighted by molar-refractivity contribution is -0.144. The molecular weight excluding hydrogens is 369 g/mol. The standard InChI is InChI=1S/C16H17BrFNO4/c1-23-12-6-11(18)10(17)5-9(12)15(20)19-14-8-3-2-7(4-8)13(14)16(21)22/h5-8,13-14H,2-4H2,1H3,(H,19,20)(H,21,22)/t7-,8-,13-,14+/m0/s1. The van der Waals surface area contributed by atoms with Crippen molar-refractivity contribution in [3.8, 4) is 5.75 Å². The number of amides is 1. The molecule has 7 heteroatoms. The molecule has 1 amide bonds. The molecule has 0 aromatic heterocycles. The van der Waals surface area contributed by atoms with Gasteiger partial charge in [0.2, 0.25) is 0 Å². The zero-order valence-corrected chi connectivity index (χ0v) is 14.1. The van der Waals surface area contributed by atoms with Gasteiger partial charge in [-0.2, -0.15) is 0 Å². The van der Waals surface area contributed by atoms with Crippen molar-refractivity contribution < 1.29 is 23.8 Å². The number of aliphatic carboxylic acids is 1. The smallest absolute Gasteiger partial charge is 0.308 e.